The molecule has 1 aromatic carbocycles. The second-order valence-corrected chi connectivity index (χ2v) is 6.00. The third-order valence-electron chi connectivity index (χ3n) is 3.66. The minimum Gasteiger partial charge on any atom is -0.315 e. The van der Waals surface area contributed by atoms with Crippen LogP contribution in [-0.4, -0.2) is 30.6 Å². The van der Waals surface area contributed by atoms with Gasteiger partial charge in [0.25, 0.3) is 0 Å². The third kappa shape index (κ3) is 6.74. The monoisotopic (exact) mass is 262 g/mol. The fourth-order valence-corrected chi connectivity index (χ4v) is 2.15. The SMILES string of the molecule is Cc1ccc(CN(C)C(C)CCCNC(C)C)cc1. The minimum absolute atomic E-state index is 0.598. The number of rotatable bonds is 8. The zero-order valence-corrected chi connectivity index (χ0v) is 13.2. The second kappa shape index (κ2) is 8.34. The quantitative estimate of drug-likeness (QED) is 0.720. The first-order valence-corrected chi connectivity index (χ1v) is 7.48. The molecule has 0 aromatic heterocycles. The fraction of sp³-hybridized carbons (Fsp3) is 0.647. The highest BCUT2D eigenvalue weighted by Gasteiger charge is 2.09. The average Bonchev–Trinajstić information content (AvgIpc) is 2.36. The first kappa shape index (κ1) is 16.2. The molecule has 0 bridgehead atoms. The van der Waals surface area contributed by atoms with E-state index < -0.39 is 0 Å². The molecule has 0 heterocycles. The van der Waals surface area contributed by atoms with E-state index >= 15 is 0 Å². The zero-order valence-electron chi connectivity index (χ0n) is 13.2. The molecular formula is C17H30N2. The maximum absolute atomic E-state index is 3.48. The first-order valence-electron chi connectivity index (χ1n) is 7.48. The van der Waals surface area contributed by atoms with Crippen LogP contribution in [0.3, 0.4) is 0 Å². The molecule has 0 amide bonds. The van der Waals surface area contributed by atoms with E-state index in [2.05, 4.69) is 69.2 Å². The van der Waals surface area contributed by atoms with Gasteiger partial charge in [-0.15, -0.1) is 0 Å². The van der Waals surface area contributed by atoms with Crippen molar-refractivity contribution in [2.75, 3.05) is 13.6 Å². The highest BCUT2D eigenvalue weighted by atomic mass is 15.1. The number of nitrogens with zero attached hydrogens (tertiary/aromatic N) is 1. The Morgan fingerprint density at radius 1 is 1.11 bits per heavy atom. The number of hydrogen-bond donors (Lipinski definition) is 1. The van der Waals surface area contributed by atoms with Crippen molar-refractivity contribution in [1.82, 2.24) is 10.2 Å². The molecule has 108 valence electrons. The van der Waals surface area contributed by atoms with Crippen molar-refractivity contribution in [3.05, 3.63) is 35.4 Å². The predicted octanol–water partition coefficient (Wildman–Crippen LogP) is 3.59. The van der Waals surface area contributed by atoms with Crippen LogP contribution >= 0.6 is 0 Å². The topological polar surface area (TPSA) is 15.3 Å². The summed E-state index contributed by atoms with van der Waals surface area (Å²) in [4.78, 5) is 2.44. The zero-order chi connectivity index (χ0) is 14.3. The Morgan fingerprint density at radius 2 is 1.74 bits per heavy atom. The second-order valence-electron chi connectivity index (χ2n) is 6.00. The van der Waals surface area contributed by atoms with Gasteiger partial charge in [-0.3, -0.25) is 4.90 Å². The van der Waals surface area contributed by atoms with Gasteiger partial charge in [-0.2, -0.15) is 0 Å². The molecule has 2 heteroatoms. The standard InChI is InChI=1S/C17H30N2/c1-14(2)18-12-6-7-16(4)19(5)13-17-10-8-15(3)9-11-17/h8-11,14,16,18H,6-7,12-13H2,1-5H3. The Balaban J connectivity index is 2.28. The predicted molar refractivity (Wildman–Crippen MR) is 84.5 cm³/mol. The summed E-state index contributed by atoms with van der Waals surface area (Å²) in [5.41, 5.74) is 2.74. The lowest BCUT2D eigenvalue weighted by atomic mass is 10.1. The lowest BCUT2D eigenvalue weighted by Gasteiger charge is -2.25. The maximum Gasteiger partial charge on any atom is 0.0233 e. The van der Waals surface area contributed by atoms with Crippen molar-refractivity contribution in [2.45, 2.75) is 59.2 Å². The van der Waals surface area contributed by atoms with Gasteiger partial charge in [0.15, 0.2) is 0 Å². The summed E-state index contributed by atoms with van der Waals surface area (Å²) in [6.07, 6.45) is 2.50. The molecule has 1 atom stereocenters. The number of hydrogen-bond acceptors (Lipinski definition) is 2. The van der Waals surface area contributed by atoms with Crippen molar-refractivity contribution in [2.24, 2.45) is 0 Å². The van der Waals surface area contributed by atoms with Crippen molar-refractivity contribution in [3.63, 3.8) is 0 Å². The third-order valence-corrected chi connectivity index (χ3v) is 3.66. The fourth-order valence-electron chi connectivity index (χ4n) is 2.15. The Hall–Kier alpha value is -0.860. The summed E-state index contributed by atoms with van der Waals surface area (Å²) in [5.74, 6) is 0. The van der Waals surface area contributed by atoms with Gasteiger partial charge in [0.1, 0.15) is 0 Å². The Kier molecular flexibility index (Phi) is 7.11. The Bertz CT molecular complexity index is 343. The molecule has 2 nitrogen and oxygen atoms in total. The van der Waals surface area contributed by atoms with E-state index in [-0.39, 0.29) is 0 Å². The minimum atomic E-state index is 0.598. The molecule has 1 N–H and O–H groups in total. The molecule has 0 aliphatic rings. The molecule has 0 saturated carbocycles. The summed E-state index contributed by atoms with van der Waals surface area (Å²) < 4.78 is 0. The molecule has 1 unspecified atom stereocenters. The Morgan fingerprint density at radius 3 is 2.32 bits per heavy atom. The van der Waals surface area contributed by atoms with Crippen molar-refractivity contribution >= 4 is 0 Å². The molecule has 19 heavy (non-hydrogen) atoms. The molecule has 1 aromatic rings. The normalized spacial score (nSPS) is 13.2. The first-order chi connectivity index (χ1) is 8.99. The van der Waals surface area contributed by atoms with E-state index in [1.54, 1.807) is 0 Å². The van der Waals surface area contributed by atoms with Crippen molar-refractivity contribution < 1.29 is 0 Å². The van der Waals surface area contributed by atoms with Gasteiger partial charge in [-0.25, -0.2) is 0 Å². The smallest absolute Gasteiger partial charge is 0.0233 e. The van der Waals surface area contributed by atoms with Gasteiger partial charge in [-0.1, -0.05) is 43.7 Å². The van der Waals surface area contributed by atoms with E-state index in [1.165, 1.54) is 24.0 Å². The van der Waals surface area contributed by atoms with Crippen molar-refractivity contribution in [1.29, 1.82) is 0 Å². The lowest BCUT2D eigenvalue weighted by Crippen LogP contribution is -2.30. The summed E-state index contributed by atoms with van der Waals surface area (Å²) in [7, 11) is 2.22. The van der Waals surface area contributed by atoms with Gasteiger partial charge in [0.2, 0.25) is 0 Å². The van der Waals surface area contributed by atoms with Crippen LogP contribution in [0, 0.1) is 6.92 Å². The summed E-state index contributed by atoms with van der Waals surface area (Å²) >= 11 is 0. The molecule has 0 saturated heterocycles. The molecular weight excluding hydrogens is 232 g/mol. The van der Waals surface area contributed by atoms with Gasteiger partial charge in [0, 0.05) is 18.6 Å². The number of benzene rings is 1. The number of nitrogens with one attached hydrogen (secondary N) is 1. The largest absolute Gasteiger partial charge is 0.315 e. The summed E-state index contributed by atoms with van der Waals surface area (Å²) in [5, 5.41) is 3.48. The van der Waals surface area contributed by atoms with Crippen LogP contribution in [0.15, 0.2) is 24.3 Å². The van der Waals surface area contributed by atoms with Crippen LogP contribution in [0.1, 0.15) is 44.7 Å². The van der Waals surface area contributed by atoms with Crippen LogP contribution in [0.2, 0.25) is 0 Å². The van der Waals surface area contributed by atoms with Crippen molar-refractivity contribution in [3.8, 4) is 0 Å². The maximum atomic E-state index is 3.48. The Labute approximate surface area is 119 Å². The average molecular weight is 262 g/mol. The van der Waals surface area contributed by atoms with Gasteiger partial charge in [0.05, 0.1) is 0 Å². The van der Waals surface area contributed by atoms with Gasteiger partial charge < -0.3 is 5.32 Å². The van der Waals surface area contributed by atoms with Crippen LogP contribution in [0.5, 0.6) is 0 Å². The van der Waals surface area contributed by atoms with E-state index in [9.17, 15) is 0 Å². The van der Waals surface area contributed by atoms with E-state index in [0.29, 0.717) is 12.1 Å². The molecule has 0 spiro atoms. The van der Waals surface area contributed by atoms with Crippen LogP contribution in [0.25, 0.3) is 0 Å². The summed E-state index contributed by atoms with van der Waals surface area (Å²) in [6, 6.07) is 10.1. The lowest BCUT2D eigenvalue weighted by molar-refractivity contribution is 0.234. The molecule has 0 aliphatic carbocycles. The molecule has 0 radical (unpaired) electrons. The van der Waals surface area contributed by atoms with Gasteiger partial charge in [-0.05, 0) is 45.8 Å². The molecule has 1 rings (SSSR count). The highest BCUT2D eigenvalue weighted by Crippen LogP contribution is 2.10. The molecule has 0 aliphatic heterocycles. The van der Waals surface area contributed by atoms with E-state index in [0.717, 1.165) is 13.1 Å². The van der Waals surface area contributed by atoms with Gasteiger partial charge >= 0.3 is 0 Å². The van der Waals surface area contributed by atoms with Crippen LogP contribution in [-0.2, 0) is 6.54 Å². The molecule has 0 fully saturated rings. The van der Waals surface area contributed by atoms with Crippen LogP contribution < -0.4 is 5.32 Å². The summed E-state index contributed by atoms with van der Waals surface area (Å²) in [6.45, 7) is 11.0. The van der Waals surface area contributed by atoms with Crippen LogP contribution in [0.4, 0.5) is 0 Å². The number of aryl methyl sites for hydroxylation is 1. The van der Waals surface area contributed by atoms with E-state index in [1.807, 2.05) is 0 Å². The highest BCUT2D eigenvalue weighted by molar-refractivity contribution is 5.21. The van der Waals surface area contributed by atoms with E-state index in [4.69, 9.17) is 0 Å².